The van der Waals surface area contributed by atoms with Crippen molar-refractivity contribution in [2.45, 2.75) is 74.1 Å². The summed E-state index contributed by atoms with van der Waals surface area (Å²) in [6, 6.07) is 36.5. The van der Waals surface area contributed by atoms with Crippen molar-refractivity contribution in [2.24, 2.45) is 11.3 Å². The van der Waals surface area contributed by atoms with E-state index in [4.69, 9.17) is 14.8 Å². The quantitative estimate of drug-likeness (QED) is 0.155. The van der Waals surface area contributed by atoms with E-state index in [0.717, 1.165) is 63.8 Å². The molecule has 5 heteroatoms. The lowest BCUT2D eigenvalue weighted by atomic mass is 9.72. The molecule has 0 amide bonds. The Kier molecular flexibility index (Phi) is 8.86. The van der Waals surface area contributed by atoms with Crippen molar-refractivity contribution >= 4 is 21.8 Å². The lowest BCUT2D eigenvalue weighted by Crippen LogP contribution is -2.22. The van der Waals surface area contributed by atoms with Crippen LogP contribution in [0.4, 0.5) is 0 Å². The molecule has 0 N–H and O–H groups in total. The molecule has 7 aromatic rings. The molecule has 0 bridgehead atoms. The zero-order valence-electron chi connectivity index (χ0n) is 30.7. The van der Waals surface area contributed by atoms with Gasteiger partial charge >= 0.3 is 0 Å². The Bertz CT molecular complexity index is 2300. The summed E-state index contributed by atoms with van der Waals surface area (Å²) < 4.78 is 10.9. The third-order valence-electron chi connectivity index (χ3n) is 10.6. The Morgan fingerprint density at radius 1 is 0.760 bits per heavy atom. The van der Waals surface area contributed by atoms with Gasteiger partial charge < -0.3 is 4.74 Å². The van der Waals surface area contributed by atoms with Crippen molar-refractivity contribution < 1.29 is 4.74 Å². The highest BCUT2D eigenvalue weighted by atomic mass is 16.5. The predicted octanol–water partition coefficient (Wildman–Crippen LogP) is 12.2. The van der Waals surface area contributed by atoms with Gasteiger partial charge in [0.05, 0.1) is 22.4 Å². The molecular weight excluding hydrogens is 613 g/mol. The molecule has 5 nitrogen and oxygen atoms in total. The molecule has 0 spiro atoms. The monoisotopic (exact) mass is 660 g/mol. The first kappa shape index (κ1) is 33.3. The van der Waals surface area contributed by atoms with Crippen LogP contribution in [0, 0.1) is 25.2 Å². The van der Waals surface area contributed by atoms with E-state index in [0.29, 0.717) is 11.8 Å². The van der Waals surface area contributed by atoms with E-state index in [1.165, 1.54) is 27.5 Å². The van der Waals surface area contributed by atoms with Gasteiger partial charge in [-0.25, -0.2) is 9.67 Å². The van der Waals surface area contributed by atoms with Crippen molar-refractivity contribution in [3.05, 3.63) is 132 Å². The number of fused-ring (bicyclic) bond motifs is 3. The molecule has 0 saturated carbocycles. The first-order valence-electron chi connectivity index (χ1n) is 18.0. The molecule has 4 aromatic carbocycles. The highest BCUT2D eigenvalue weighted by molar-refractivity contribution is 6.09. The molecule has 50 heavy (non-hydrogen) atoms. The van der Waals surface area contributed by atoms with Gasteiger partial charge in [0, 0.05) is 40.4 Å². The van der Waals surface area contributed by atoms with Crippen LogP contribution in [0.5, 0.6) is 11.5 Å². The standard InChI is InChI=1S/C45H48N4O/c1-9-14-33-23-24-46-43(25-33)48-41-22-19-35(29(2)30(3)45(6,7)8)26-40(41)39-21-20-38(28-42(39)48)50-37-18-13-17-36(27-37)49-32(5)44(31(4)47-49)34-15-11-10-12-16-34/h10-13,15-30H,9,14H2,1-8H3. The fourth-order valence-corrected chi connectivity index (χ4v) is 7.41. The summed E-state index contributed by atoms with van der Waals surface area (Å²) in [7, 11) is 0. The molecule has 0 fully saturated rings. The molecule has 2 unspecified atom stereocenters. The van der Waals surface area contributed by atoms with Crippen LogP contribution >= 0.6 is 0 Å². The van der Waals surface area contributed by atoms with E-state index in [1.807, 2.05) is 29.1 Å². The zero-order valence-corrected chi connectivity index (χ0v) is 30.7. The highest BCUT2D eigenvalue weighted by Crippen LogP contribution is 2.41. The van der Waals surface area contributed by atoms with Gasteiger partial charge in [0.2, 0.25) is 0 Å². The van der Waals surface area contributed by atoms with Crippen molar-refractivity contribution in [1.29, 1.82) is 0 Å². The molecule has 0 aliphatic carbocycles. The molecule has 0 aliphatic heterocycles. The van der Waals surface area contributed by atoms with E-state index in [9.17, 15) is 0 Å². The van der Waals surface area contributed by atoms with Gasteiger partial charge in [0.25, 0.3) is 0 Å². The number of aryl methyl sites for hydroxylation is 2. The Balaban J connectivity index is 1.31. The normalized spacial score (nSPS) is 13.2. The molecular formula is C45H48N4O. The lowest BCUT2D eigenvalue weighted by Gasteiger charge is -2.32. The van der Waals surface area contributed by atoms with Crippen LogP contribution < -0.4 is 4.74 Å². The summed E-state index contributed by atoms with van der Waals surface area (Å²) >= 11 is 0. The molecule has 3 heterocycles. The number of hydrogen-bond donors (Lipinski definition) is 0. The summed E-state index contributed by atoms with van der Waals surface area (Å²) in [5, 5.41) is 7.36. The predicted molar refractivity (Wildman–Crippen MR) is 208 cm³/mol. The van der Waals surface area contributed by atoms with Gasteiger partial charge in [0.1, 0.15) is 17.3 Å². The van der Waals surface area contributed by atoms with Crippen LogP contribution in [0.1, 0.15) is 76.4 Å². The van der Waals surface area contributed by atoms with Gasteiger partial charge in [-0.05, 0) is 103 Å². The van der Waals surface area contributed by atoms with Crippen molar-refractivity contribution in [3.63, 3.8) is 0 Å². The summed E-state index contributed by atoms with van der Waals surface area (Å²) in [6.07, 6.45) is 4.05. The largest absolute Gasteiger partial charge is 0.457 e. The van der Waals surface area contributed by atoms with Crippen LogP contribution in [0.3, 0.4) is 0 Å². The van der Waals surface area contributed by atoms with Gasteiger partial charge in [-0.15, -0.1) is 0 Å². The fourth-order valence-electron chi connectivity index (χ4n) is 7.41. The molecule has 0 radical (unpaired) electrons. The maximum Gasteiger partial charge on any atom is 0.137 e. The SMILES string of the molecule is CCCc1ccnc(-n2c3ccc(C(C)C(C)C(C)(C)C)cc3c3ccc(Oc4cccc(-n5nc(C)c(-c6ccccc6)c5C)c4)cc32)c1. The number of nitrogens with zero attached hydrogens (tertiary/aromatic N) is 4. The van der Waals surface area contributed by atoms with E-state index < -0.39 is 0 Å². The first-order valence-corrected chi connectivity index (χ1v) is 18.0. The second-order valence-electron chi connectivity index (χ2n) is 14.9. The minimum atomic E-state index is 0.217. The van der Waals surface area contributed by atoms with Crippen LogP contribution in [0.15, 0.2) is 109 Å². The maximum absolute atomic E-state index is 6.62. The van der Waals surface area contributed by atoms with Crippen LogP contribution in [-0.4, -0.2) is 19.3 Å². The third kappa shape index (κ3) is 6.22. The number of ether oxygens (including phenoxy) is 1. The number of rotatable bonds is 9. The fraction of sp³-hybridized carbons (Fsp3) is 0.289. The Labute approximate surface area is 296 Å². The maximum atomic E-state index is 6.62. The Morgan fingerprint density at radius 3 is 2.30 bits per heavy atom. The third-order valence-corrected chi connectivity index (χ3v) is 10.6. The van der Waals surface area contributed by atoms with Gasteiger partial charge in [-0.3, -0.25) is 4.57 Å². The zero-order chi connectivity index (χ0) is 35.2. The Hall–Kier alpha value is -5.16. The molecule has 2 atom stereocenters. The van der Waals surface area contributed by atoms with Crippen molar-refractivity contribution in [1.82, 2.24) is 19.3 Å². The number of benzene rings is 4. The average Bonchev–Trinajstić information content (AvgIpc) is 3.59. The first-order chi connectivity index (χ1) is 24.0. The van der Waals surface area contributed by atoms with E-state index in [1.54, 1.807) is 0 Å². The minimum absolute atomic E-state index is 0.217. The average molecular weight is 661 g/mol. The van der Waals surface area contributed by atoms with Gasteiger partial charge in [-0.2, -0.15) is 5.10 Å². The molecule has 7 rings (SSSR count). The number of pyridine rings is 1. The minimum Gasteiger partial charge on any atom is -0.457 e. The van der Waals surface area contributed by atoms with E-state index in [-0.39, 0.29) is 5.41 Å². The van der Waals surface area contributed by atoms with Crippen molar-refractivity contribution in [2.75, 3.05) is 0 Å². The number of aromatic nitrogens is 4. The Morgan fingerprint density at radius 2 is 1.54 bits per heavy atom. The molecule has 254 valence electrons. The second-order valence-corrected chi connectivity index (χ2v) is 14.9. The summed E-state index contributed by atoms with van der Waals surface area (Å²) in [5.74, 6) is 3.41. The number of hydrogen-bond acceptors (Lipinski definition) is 3. The summed E-state index contributed by atoms with van der Waals surface area (Å²) in [4.78, 5) is 4.89. The van der Waals surface area contributed by atoms with E-state index in [2.05, 4.69) is 145 Å². The molecule has 3 aromatic heterocycles. The van der Waals surface area contributed by atoms with Crippen LogP contribution in [0.2, 0.25) is 0 Å². The van der Waals surface area contributed by atoms with Crippen LogP contribution in [-0.2, 0) is 6.42 Å². The smallest absolute Gasteiger partial charge is 0.137 e. The van der Waals surface area contributed by atoms with Gasteiger partial charge in [0.15, 0.2) is 0 Å². The second kappa shape index (κ2) is 13.3. The summed E-state index contributed by atoms with van der Waals surface area (Å²) in [6.45, 7) is 18.2. The van der Waals surface area contributed by atoms with Gasteiger partial charge in [-0.1, -0.05) is 90.4 Å². The van der Waals surface area contributed by atoms with Crippen LogP contribution in [0.25, 0.3) is 44.4 Å². The molecule has 0 aliphatic rings. The topological polar surface area (TPSA) is 44.9 Å². The summed E-state index contributed by atoms with van der Waals surface area (Å²) in [5.41, 5.74) is 10.5. The highest BCUT2D eigenvalue weighted by Gasteiger charge is 2.27. The lowest BCUT2D eigenvalue weighted by molar-refractivity contribution is 0.228. The van der Waals surface area contributed by atoms with E-state index >= 15 is 0 Å². The van der Waals surface area contributed by atoms with Crippen molar-refractivity contribution in [3.8, 4) is 34.1 Å². The molecule has 0 saturated heterocycles.